The fraction of sp³-hybridized carbons (Fsp3) is 0.600. The molecule has 1 aromatic heterocycles. The molecule has 0 spiro atoms. The van der Waals surface area contributed by atoms with E-state index in [1.807, 2.05) is 21.0 Å². The minimum atomic E-state index is -0.365. The van der Waals surface area contributed by atoms with Crippen molar-refractivity contribution in [2.24, 2.45) is 5.73 Å². The molecule has 0 unspecified atom stereocenters. The van der Waals surface area contributed by atoms with E-state index in [0.717, 1.165) is 6.54 Å². The van der Waals surface area contributed by atoms with Crippen molar-refractivity contribution in [3.05, 3.63) is 0 Å². The normalized spacial score (nSPS) is 9.94. The molecule has 0 aliphatic heterocycles. The molecule has 0 radical (unpaired) electrons. The van der Waals surface area contributed by atoms with Gasteiger partial charge < -0.3 is 21.3 Å². The molecule has 1 amide bonds. The summed E-state index contributed by atoms with van der Waals surface area (Å²) in [6.45, 7) is 3.08. The van der Waals surface area contributed by atoms with Gasteiger partial charge in [0.25, 0.3) is 0 Å². The van der Waals surface area contributed by atoms with Crippen LogP contribution >= 0.6 is 0 Å². The number of rotatable bonds is 7. The molecule has 0 aliphatic carbocycles. The van der Waals surface area contributed by atoms with Crippen molar-refractivity contribution in [3.8, 4) is 0 Å². The number of hydrogen-bond acceptors (Lipinski definition) is 7. The van der Waals surface area contributed by atoms with Crippen molar-refractivity contribution in [1.82, 2.24) is 15.0 Å². The van der Waals surface area contributed by atoms with Crippen LogP contribution in [0.2, 0.25) is 0 Å². The summed E-state index contributed by atoms with van der Waals surface area (Å²) >= 11 is 0. The predicted molar refractivity (Wildman–Crippen MR) is 70.6 cm³/mol. The van der Waals surface area contributed by atoms with Crippen LogP contribution in [-0.4, -0.2) is 48.0 Å². The highest BCUT2D eigenvalue weighted by molar-refractivity contribution is 5.74. The molecule has 100 valence electrons. The number of aromatic nitrogens is 3. The van der Waals surface area contributed by atoms with Crippen molar-refractivity contribution in [2.75, 3.05) is 42.7 Å². The second-order valence-electron chi connectivity index (χ2n) is 3.85. The van der Waals surface area contributed by atoms with Crippen molar-refractivity contribution in [3.63, 3.8) is 0 Å². The number of nitrogens with two attached hydrogens (primary N) is 1. The molecule has 1 rings (SSSR count). The van der Waals surface area contributed by atoms with E-state index in [2.05, 4.69) is 25.6 Å². The zero-order chi connectivity index (χ0) is 13.5. The third kappa shape index (κ3) is 4.40. The molecule has 0 fully saturated rings. The average molecular weight is 253 g/mol. The lowest BCUT2D eigenvalue weighted by atomic mass is 10.4. The Morgan fingerprint density at radius 3 is 2.33 bits per heavy atom. The monoisotopic (exact) mass is 253 g/mol. The molecular weight excluding hydrogens is 234 g/mol. The fourth-order valence-corrected chi connectivity index (χ4v) is 1.18. The van der Waals surface area contributed by atoms with Gasteiger partial charge in [-0.25, -0.2) is 0 Å². The van der Waals surface area contributed by atoms with Gasteiger partial charge in [0.1, 0.15) is 0 Å². The second-order valence-corrected chi connectivity index (χ2v) is 3.85. The highest BCUT2D eigenvalue weighted by Gasteiger charge is 2.07. The number of nitrogens with zero attached hydrogens (tertiary/aromatic N) is 4. The first-order valence-electron chi connectivity index (χ1n) is 5.72. The van der Waals surface area contributed by atoms with Gasteiger partial charge in [-0.15, -0.1) is 0 Å². The van der Waals surface area contributed by atoms with Gasteiger partial charge in [0.2, 0.25) is 23.8 Å². The Labute approximate surface area is 106 Å². The number of nitrogens with one attached hydrogen (secondary N) is 2. The first-order chi connectivity index (χ1) is 8.52. The summed E-state index contributed by atoms with van der Waals surface area (Å²) in [6, 6.07) is 0. The van der Waals surface area contributed by atoms with Gasteiger partial charge >= 0.3 is 0 Å². The van der Waals surface area contributed by atoms with Gasteiger partial charge in [0.05, 0.1) is 0 Å². The van der Waals surface area contributed by atoms with Gasteiger partial charge in [-0.1, -0.05) is 0 Å². The minimum absolute atomic E-state index is 0.236. The topological polar surface area (TPSA) is 109 Å². The van der Waals surface area contributed by atoms with Gasteiger partial charge in [0, 0.05) is 33.6 Å². The third-order valence-electron chi connectivity index (χ3n) is 2.01. The lowest BCUT2D eigenvalue weighted by Gasteiger charge is -2.13. The summed E-state index contributed by atoms with van der Waals surface area (Å²) in [5, 5.41) is 5.96. The Kier molecular flexibility index (Phi) is 5.09. The Bertz CT molecular complexity index is 407. The van der Waals surface area contributed by atoms with Gasteiger partial charge in [-0.05, 0) is 6.92 Å². The molecule has 0 atom stereocenters. The summed E-state index contributed by atoms with van der Waals surface area (Å²) < 4.78 is 0. The second kappa shape index (κ2) is 6.58. The molecule has 8 nitrogen and oxygen atoms in total. The van der Waals surface area contributed by atoms with Crippen molar-refractivity contribution >= 4 is 23.8 Å². The third-order valence-corrected chi connectivity index (χ3v) is 2.01. The first kappa shape index (κ1) is 13.9. The smallest absolute Gasteiger partial charge is 0.231 e. The molecule has 0 aliphatic rings. The fourth-order valence-electron chi connectivity index (χ4n) is 1.18. The molecule has 8 heteroatoms. The van der Waals surface area contributed by atoms with Crippen LogP contribution < -0.4 is 21.3 Å². The number of hydrogen-bond donors (Lipinski definition) is 3. The number of primary amides is 1. The van der Waals surface area contributed by atoms with Gasteiger partial charge in [-0.2, -0.15) is 15.0 Å². The SMILES string of the molecule is CCNc1nc(NCCC(N)=O)nc(N(C)C)n1. The summed E-state index contributed by atoms with van der Waals surface area (Å²) in [5.74, 6) is 1.10. The largest absolute Gasteiger partial charge is 0.370 e. The Morgan fingerprint density at radius 2 is 1.83 bits per heavy atom. The van der Waals surface area contributed by atoms with Gasteiger partial charge in [0.15, 0.2) is 0 Å². The van der Waals surface area contributed by atoms with E-state index in [0.29, 0.717) is 24.4 Å². The maximum Gasteiger partial charge on any atom is 0.231 e. The molecule has 4 N–H and O–H groups in total. The zero-order valence-corrected chi connectivity index (χ0v) is 10.9. The first-order valence-corrected chi connectivity index (χ1v) is 5.72. The number of carbonyl (C=O) groups excluding carboxylic acids is 1. The molecule has 0 saturated carbocycles. The molecule has 1 aromatic rings. The maximum absolute atomic E-state index is 10.6. The van der Waals surface area contributed by atoms with Crippen molar-refractivity contribution in [1.29, 1.82) is 0 Å². The molecular formula is C10H19N7O. The maximum atomic E-state index is 10.6. The van der Waals surface area contributed by atoms with Crippen LogP contribution in [0.25, 0.3) is 0 Å². The van der Waals surface area contributed by atoms with Crippen molar-refractivity contribution < 1.29 is 4.79 Å². The van der Waals surface area contributed by atoms with Crippen LogP contribution in [-0.2, 0) is 4.79 Å². The van der Waals surface area contributed by atoms with E-state index >= 15 is 0 Å². The predicted octanol–water partition coefficient (Wildman–Crippen LogP) is -0.343. The molecule has 1 heterocycles. The van der Waals surface area contributed by atoms with Crippen LogP contribution in [0, 0.1) is 0 Å². The highest BCUT2D eigenvalue weighted by atomic mass is 16.1. The van der Waals surface area contributed by atoms with E-state index in [1.54, 1.807) is 4.90 Å². The molecule has 0 aromatic carbocycles. The van der Waals surface area contributed by atoms with E-state index < -0.39 is 0 Å². The minimum Gasteiger partial charge on any atom is -0.370 e. The summed E-state index contributed by atoms with van der Waals surface area (Å²) in [6.07, 6.45) is 0.236. The molecule has 18 heavy (non-hydrogen) atoms. The van der Waals surface area contributed by atoms with Crippen LogP contribution in [0.4, 0.5) is 17.8 Å². The Balaban J connectivity index is 2.78. The molecule has 0 saturated heterocycles. The average Bonchev–Trinajstić information content (AvgIpc) is 2.28. The zero-order valence-electron chi connectivity index (χ0n) is 10.9. The van der Waals surface area contributed by atoms with E-state index in [1.165, 1.54) is 0 Å². The number of carbonyl (C=O) groups is 1. The van der Waals surface area contributed by atoms with E-state index in [4.69, 9.17) is 5.73 Å². The van der Waals surface area contributed by atoms with Gasteiger partial charge in [-0.3, -0.25) is 4.79 Å². The number of amides is 1. The lowest BCUT2D eigenvalue weighted by Crippen LogP contribution is -2.19. The van der Waals surface area contributed by atoms with Crippen molar-refractivity contribution in [2.45, 2.75) is 13.3 Å². The summed E-state index contributed by atoms with van der Waals surface area (Å²) in [5.41, 5.74) is 5.06. The lowest BCUT2D eigenvalue weighted by molar-refractivity contribution is -0.117. The van der Waals surface area contributed by atoms with Crippen LogP contribution in [0.5, 0.6) is 0 Å². The summed E-state index contributed by atoms with van der Waals surface area (Å²) in [4.78, 5) is 25.0. The summed E-state index contributed by atoms with van der Waals surface area (Å²) in [7, 11) is 3.69. The highest BCUT2D eigenvalue weighted by Crippen LogP contribution is 2.11. The molecule has 0 bridgehead atoms. The van der Waals surface area contributed by atoms with Crippen LogP contribution in [0.1, 0.15) is 13.3 Å². The number of anilines is 3. The van der Waals surface area contributed by atoms with E-state index in [-0.39, 0.29) is 12.3 Å². The Morgan fingerprint density at radius 1 is 1.22 bits per heavy atom. The van der Waals surface area contributed by atoms with E-state index in [9.17, 15) is 4.79 Å². The standard InChI is InChI=1S/C10H19N7O/c1-4-12-8-14-9(13-6-5-7(11)18)16-10(15-8)17(2)3/h4-6H2,1-3H3,(H2,11,18)(H2,12,13,14,15,16). The Hall–Kier alpha value is -2.12. The van der Waals surface area contributed by atoms with Crippen LogP contribution in [0.15, 0.2) is 0 Å². The van der Waals surface area contributed by atoms with Crippen LogP contribution in [0.3, 0.4) is 0 Å². The quantitative estimate of drug-likeness (QED) is 0.609.